The lowest BCUT2D eigenvalue weighted by molar-refractivity contribution is 0.145. The first-order valence-corrected chi connectivity index (χ1v) is 3.57. The van der Waals surface area contributed by atoms with Gasteiger partial charge in [-0.3, -0.25) is 0 Å². The molecule has 5 heteroatoms. The second-order valence-electron chi connectivity index (χ2n) is 3.69. The lowest BCUT2D eigenvalue weighted by Gasteiger charge is -2.15. The maximum atomic E-state index is 10.8. The molecule has 1 rings (SSSR count). The average Bonchev–Trinajstić information content (AvgIpc) is 2.15. The number of imidazole rings is 1. The number of hydrogen-bond acceptors (Lipinski definition) is 3. The Balaban J connectivity index is 3.38. The van der Waals surface area contributed by atoms with Gasteiger partial charge in [-0.2, -0.15) is 0 Å². The summed E-state index contributed by atoms with van der Waals surface area (Å²) in [4.78, 5) is 13.2. The van der Waals surface area contributed by atoms with Gasteiger partial charge in [0.15, 0.2) is 0 Å². The third-order valence-electron chi connectivity index (χ3n) is 1.60. The summed E-state index contributed by atoms with van der Waals surface area (Å²) in [6.07, 6.45) is 0. The molecule has 0 unspecified atom stereocenters. The second kappa shape index (κ2) is 2.30. The zero-order chi connectivity index (χ0) is 9.52. The SMILES string of the molecule is CC(C)(C)c1[nH]c(=O)n(O)c1O. The molecular weight excluding hydrogens is 160 g/mol. The van der Waals surface area contributed by atoms with Crippen molar-refractivity contribution in [2.45, 2.75) is 26.2 Å². The average molecular weight is 172 g/mol. The Morgan fingerprint density at radius 2 is 1.92 bits per heavy atom. The van der Waals surface area contributed by atoms with E-state index in [4.69, 9.17) is 5.21 Å². The highest BCUT2D eigenvalue weighted by Crippen LogP contribution is 2.26. The van der Waals surface area contributed by atoms with Crippen molar-refractivity contribution in [3.05, 3.63) is 16.2 Å². The van der Waals surface area contributed by atoms with Crippen molar-refractivity contribution >= 4 is 0 Å². The minimum absolute atomic E-state index is 0.195. The van der Waals surface area contributed by atoms with Crippen LogP contribution in [0, 0.1) is 0 Å². The molecule has 1 heterocycles. The smallest absolute Gasteiger partial charge is 0.362 e. The summed E-state index contributed by atoms with van der Waals surface area (Å²) in [6.45, 7) is 5.45. The van der Waals surface area contributed by atoms with Crippen LogP contribution in [0.3, 0.4) is 0 Å². The summed E-state index contributed by atoms with van der Waals surface area (Å²) in [6, 6.07) is 0. The predicted octanol–water partition coefficient (Wildman–Crippen LogP) is 0.417. The second-order valence-corrected chi connectivity index (χ2v) is 3.69. The Bertz CT molecular complexity index is 343. The number of aromatic amines is 1. The van der Waals surface area contributed by atoms with Crippen LogP contribution in [0.5, 0.6) is 5.88 Å². The quantitative estimate of drug-likeness (QED) is 0.496. The molecule has 0 amide bonds. The molecule has 0 aliphatic carbocycles. The number of aromatic hydroxyl groups is 1. The summed E-state index contributed by atoms with van der Waals surface area (Å²) >= 11 is 0. The van der Waals surface area contributed by atoms with E-state index in [9.17, 15) is 9.90 Å². The topological polar surface area (TPSA) is 78.2 Å². The Morgan fingerprint density at radius 1 is 1.42 bits per heavy atom. The summed E-state index contributed by atoms with van der Waals surface area (Å²) in [5.41, 5.74) is -0.788. The Morgan fingerprint density at radius 3 is 2.08 bits per heavy atom. The van der Waals surface area contributed by atoms with Crippen LogP contribution < -0.4 is 5.69 Å². The largest absolute Gasteiger partial charge is 0.491 e. The van der Waals surface area contributed by atoms with E-state index in [0.717, 1.165) is 0 Å². The van der Waals surface area contributed by atoms with Gasteiger partial charge < -0.3 is 15.3 Å². The molecule has 0 radical (unpaired) electrons. The standard InChI is InChI=1S/C7H12N2O3/c1-7(2,3)4-5(10)9(12)6(11)8-4/h10,12H,1-3H3,(H,8,11). The van der Waals surface area contributed by atoms with Gasteiger partial charge >= 0.3 is 5.69 Å². The number of rotatable bonds is 0. The van der Waals surface area contributed by atoms with Crippen molar-refractivity contribution in [1.82, 2.24) is 9.71 Å². The molecule has 0 spiro atoms. The maximum Gasteiger partial charge on any atom is 0.362 e. The van der Waals surface area contributed by atoms with Crippen LogP contribution in [0.1, 0.15) is 26.5 Å². The molecule has 1 aromatic rings. The van der Waals surface area contributed by atoms with Crippen LogP contribution >= 0.6 is 0 Å². The van der Waals surface area contributed by atoms with Crippen LogP contribution in [0.15, 0.2) is 4.79 Å². The number of H-pyrrole nitrogens is 1. The van der Waals surface area contributed by atoms with E-state index in [-0.39, 0.29) is 4.73 Å². The maximum absolute atomic E-state index is 10.8. The van der Waals surface area contributed by atoms with Gasteiger partial charge in [0.05, 0.1) is 5.69 Å². The molecule has 0 fully saturated rings. The van der Waals surface area contributed by atoms with Gasteiger partial charge in [-0.25, -0.2) is 4.79 Å². The zero-order valence-electron chi connectivity index (χ0n) is 7.25. The van der Waals surface area contributed by atoms with E-state index in [1.54, 1.807) is 0 Å². The van der Waals surface area contributed by atoms with Gasteiger partial charge in [0, 0.05) is 5.41 Å². The molecule has 0 saturated carbocycles. The van der Waals surface area contributed by atoms with Crippen LogP contribution in [0.25, 0.3) is 0 Å². The van der Waals surface area contributed by atoms with E-state index in [2.05, 4.69) is 4.98 Å². The lowest BCUT2D eigenvalue weighted by atomic mass is 9.93. The number of hydrogen-bond donors (Lipinski definition) is 3. The molecular formula is C7H12N2O3. The van der Waals surface area contributed by atoms with Gasteiger partial charge in [0.25, 0.3) is 5.88 Å². The van der Waals surface area contributed by atoms with E-state index in [0.29, 0.717) is 5.69 Å². The Hall–Kier alpha value is -1.39. The van der Waals surface area contributed by atoms with Crippen molar-refractivity contribution in [2.75, 3.05) is 0 Å². The van der Waals surface area contributed by atoms with Crippen LogP contribution in [0.2, 0.25) is 0 Å². The van der Waals surface area contributed by atoms with Gasteiger partial charge in [-0.05, 0) is 0 Å². The van der Waals surface area contributed by atoms with Gasteiger partial charge in [0.1, 0.15) is 0 Å². The van der Waals surface area contributed by atoms with E-state index in [1.807, 2.05) is 20.8 Å². The normalized spacial score (nSPS) is 11.9. The summed E-state index contributed by atoms with van der Waals surface area (Å²) in [5.74, 6) is -0.424. The molecule has 5 nitrogen and oxygen atoms in total. The molecule has 0 bridgehead atoms. The number of nitrogens with zero attached hydrogens (tertiary/aromatic N) is 1. The highest BCUT2D eigenvalue weighted by Gasteiger charge is 2.23. The monoisotopic (exact) mass is 172 g/mol. The molecule has 1 aromatic heterocycles. The van der Waals surface area contributed by atoms with Crippen molar-refractivity contribution in [3.63, 3.8) is 0 Å². The van der Waals surface area contributed by atoms with Gasteiger partial charge in [-0.15, -0.1) is 0 Å². The van der Waals surface area contributed by atoms with Crippen LogP contribution in [0.4, 0.5) is 0 Å². The Kier molecular flexibility index (Phi) is 1.67. The van der Waals surface area contributed by atoms with Gasteiger partial charge in [-0.1, -0.05) is 25.5 Å². The van der Waals surface area contributed by atoms with Crippen LogP contribution in [-0.4, -0.2) is 20.0 Å². The predicted molar refractivity (Wildman–Crippen MR) is 42.6 cm³/mol. The van der Waals surface area contributed by atoms with Crippen molar-refractivity contribution in [3.8, 4) is 5.88 Å². The molecule has 0 saturated heterocycles. The first-order chi connectivity index (χ1) is 5.34. The third-order valence-corrected chi connectivity index (χ3v) is 1.60. The van der Waals surface area contributed by atoms with Crippen molar-refractivity contribution in [1.29, 1.82) is 0 Å². The minimum atomic E-state index is -0.725. The molecule has 0 atom stereocenters. The third kappa shape index (κ3) is 1.17. The first-order valence-electron chi connectivity index (χ1n) is 3.57. The highest BCUT2D eigenvalue weighted by molar-refractivity contribution is 5.24. The Labute approximate surface area is 69.2 Å². The number of aromatic nitrogens is 2. The van der Waals surface area contributed by atoms with Gasteiger partial charge in [0.2, 0.25) is 0 Å². The summed E-state index contributed by atoms with van der Waals surface area (Å²) < 4.78 is 0.195. The minimum Gasteiger partial charge on any atom is -0.491 e. The van der Waals surface area contributed by atoms with E-state index >= 15 is 0 Å². The van der Waals surface area contributed by atoms with E-state index < -0.39 is 17.0 Å². The molecule has 0 aliphatic rings. The number of nitrogens with one attached hydrogen (secondary N) is 1. The molecule has 68 valence electrons. The fourth-order valence-corrected chi connectivity index (χ4v) is 0.941. The van der Waals surface area contributed by atoms with Crippen molar-refractivity contribution in [2.24, 2.45) is 0 Å². The molecule has 3 N–H and O–H groups in total. The zero-order valence-corrected chi connectivity index (χ0v) is 7.25. The fraction of sp³-hybridized carbons (Fsp3) is 0.571. The fourth-order valence-electron chi connectivity index (χ4n) is 0.941. The molecule has 0 aliphatic heterocycles. The summed E-state index contributed by atoms with van der Waals surface area (Å²) in [7, 11) is 0. The molecule has 12 heavy (non-hydrogen) atoms. The lowest BCUT2D eigenvalue weighted by Crippen LogP contribution is -2.15. The van der Waals surface area contributed by atoms with Crippen molar-refractivity contribution < 1.29 is 10.3 Å². The molecule has 0 aromatic carbocycles. The van der Waals surface area contributed by atoms with Crippen LogP contribution in [-0.2, 0) is 5.41 Å². The summed E-state index contributed by atoms with van der Waals surface area (Å²) in [5, 5.41) is 18.1. The van der Waals surface area contributed by atoms with E-state index in [1.165, 1.54) is 0 Å². The highest BCUT2D eigenvalue weighted by atomic mass is 16.5. The first kappa shape index (κ1) is 8.70.